The Bertz CT molecular complexity index is 449. The number of aliphatic hydroxyl groups is 1. The molecule has 2 aromatic rings. The summed E-state index contributed by atoms with van der Waals surface area (Å²) < 4.78 is 1.61. The van der Waals surface area contributed by atoms with E-state index in [1.54, 1.807) is 4.52 Å². The highest BCUT2D eigenvalue weighted by atomic mass is 16.3. The molecule has 0 aliphatic rings. The van der Waals surface area contributed by atoms with Crippen LogP contribution in [0.2, 0.25) is 0 Å². The number of rotatable bonds is 1. The number of aliphatic hydroxyl groups excluding tert-OH is 1. The lowest BCUT2D eigenvalue weighted by Gasteiger charge is -1.99. The van der Waals surface area contributed by atoms with Crippen LogP contribution in [0, 0.1) is 6.92 Å². The van der Waals surface area contributed by atoms with E-state index in [9.17, 15) is 0 Å². The summed E-state index contributed by atoms with van der Waals surface area (Å²) in [6.07, 6.45) is 1.38. The topological polar surface area (TPSA) is 76.4 Å². The van der Waals surface area contributed by atoms with Gasteiger partial charge in [-0.1, -0.05) is 0 Å². The first kappa shape index (κ1) is 8.00. The summed E-state index contributed by atoms with van der Waals surface area (Å²) in [6, 6.07) is 1.85. The molecule has 0 spiro atoms. The minimum Gasteiger partial charge on any atom is -0.390 e. The summed E-state index contributed by atoms with van der Waals surface area (Å²) in [5.41, 5.74) is 8.14. The van der Waals surface area contributed by atoms with Gasteiger partial charge in [-0.2, -0.15) is 5.10 Å². The van der Waals surface area contributed by atoms with E-state index >= 15 is 0 Å². The smallest absolute Gasteiger partial charge is 0.151 e. The summed E-state index contributed by atoms with van der Waals surface area (Å²) >= 11 is 0. The normalized spacial score (nSPS) is 10.9. The van der Waals surface area contributed by atoms with Crippen molar-refractivity contribution in [2.75, 3.05) is 5.73 Å². The quantitative estimate of drug-likeness (QED) is 0.650. The van der Waals surface area contributed by atoms with Crippen molar-refractivity contribution in [3.63, 3.8) is 0 Å². The van der Waals surface area contributed by atoms with Gasteiger partial charge >= 0.3 is 0 Å². The molecule has 0 aromatic carbocycles. The predicted molar refractivity (Wildman–Crippen MR) is 48.1 cm³/mol. The van der Waals surface area contributed by atoms with E-state index in [1.165, 1.54) is 6.33 Å². The second-order valence-electron chi connectivity index (χ2n) is 2.88. The van der Waals surface area contributed by atoms with Crippen LogP contribution in [-0.2, 0) is 6.61 Å². The van der Waals surface area contributed by atoms with Gasteiger partial charge in [-0.3, -0.25) is 0 Å². The highest BCUT2D eigenvalue weighted by Gasteiger charge is 2.08. The van der Waals surface area contributed by atoms with Gasteiger partial charge in [-0.25, -0.2) is 9.50 Å². The van der Waals surface area contributed by atoms with Gasteiger partial charge in [0.1, 0.15) is 11.8 Å². The minimum atomic E-state index is -0.0501. The third kappa shape index (κ3) is 1.05. The number of nitrogen functional groups attached to an aromatic ring is 1. The second kappa shape index (κ2) is 2.70. The van der Waals surface area contributed by atoms with E-state index in [4.69, 9.17) is 10.8 Å². The summed E-state index contributed by atoms with van der Waals surface area (Å²) in [4.78, 5) is 3.88. The van der Waals surface area contributed by atoms with Crippen LogP contribution >= 0.6 is 0 Å². The Kier molecular flexibility index (Phi) is 1.66. The SMILES string of the molecule is Cc1cc(CO)n2ncnc(N)c12. The third-order valence-corrected chi connectivity index (χ3v) is 2.01. The highest BCUT2D eigenvalue weighted by Crippen LogP contribution is 2.18. The number of anilines is 1. The first-order valence-corrected chi connectivity index (χ1v) is 3.92. The Morgan fingerprint density at radius 3 is 3.08 bits per heavy atom. The first-order chi connectivity index (χ1) is 6.24. The summed E-state index contributed by atoms with van der Waals surface area (Å²) in [7, 11) is 0. The third-order valence-electron chi connectivity index (χ3n) is 2.01. The van der Waals surface area contributed by atoms with E-state index < -0.39 is 0 Å². The average molecular weight is 178 g/mol. The van der Waals surface area contributed by atoms with E-state index in [1.807, 2.05) is 13.0 Å². The van der Waals surface area contributed by atoms with Gasteiger partial charge in [0.2, 0.25) is 0 Å². The molecule has 0 unspecified atom stereocenters. The lowest BCUT2D eigenvalue weighted by molar-refractivity contribution is 0.274. The number of aryl methyl sites for hydroxylation is 1. The lowest BCUT2D eigenvalue weighted by atomic mass is 10.3. The predicted octanol–water partition coefficient (Wildman–Crippen LogP) is 0.112. The molecule has 0 radical (unpaired) electrons. The van der Waals surface area contributed by atoms with Gasteiger partial charge in [-0.05, 0) is 18.6 Å². The lowest BCUT2D eigenvalue weighted by Crippen LogP contribution is -2.01. The van der Waals surface area contributed by atoms with Crippen molar-refractivity contribution >= 4 is 11.3 Å². The van der Waals surface area contributed by atoms with Crippen LogP contribution in [0.4, 0.5) is 5.82 Å². The van der Waals surface area contributed by atoms with E-state index in [-0.39, 0.29) is 6.61 Å². The fourth-order valence-corrected chi connectivity index (χ4v) is 1.45. The Morgan fingerprint density at radius 2 is 2.38 bits per heavy atom. The molecule has 0 aliphatic carbocycles. The molecule has 0 saturated heterocycles. The number of hydrogen-bond acceptors (Lipinski definition) is 4. The van der Waals surface area contributed by atoms with E-state index in [2.05, 4.69) is 10.1 Å². The maximum Gasteiger partial charge on any atom is 0.151 e. The van der Waals surface area contributed by atoms with Crippen LogP contribution < -0.4 is 5.73 Å². The Labute approximate surface area is 74.8 Å². The van der Waals surface area contributed by atoms with Gasteiger partial charge < -0.3 is 10.8 Å². The van der Waals surface area contributed by atoms with Gasteiger partial charge in [0.25, 0.3) is 0 Å². The van der Waals surface area contributed by atoms with Gasteiger partial charge in [0.15, 0.2) is 5.82 Å². The summed E-state index contributed by atoms with van der Waals surface area (Å²) in [6.45, 7) is 1.86. The van der Waals surface area contributed by atoms with Crippen molar-refractivity contribution in [2.45, 2.75) is 13.5 Å². The molecule has 3 N–H and O–H groups in total. The highest BCUT2D eigenvalue weighted by molar-refractivity contribution is 5.70. The molecule has 0 bridgehead atoms. The van der Waals surface area contributed by atoms with Crippen LogP contribution in [0.3, 0.4) is 0 Å². The molecular weight excluding hydrogens is 168 g/mol. The molecular formula is C8H10N4O. The molecule has 5 heteroatoms. The maximum atomic E-state index is 9.02. The minimum absolute atomic E-state index is 0.0501. The van der Waals surface area contributed by atoms with Crippen LogP contribution in [0.25, 0.3) is 5.52 Å². The molecule has 0 atom stereocenters. The van der Waals surface area contributed by atoms with Crippen LogP contribution in [-0.4, -0.2) is 19.7 Å². The van der Waals surface area contributed by atoms with Crippen LogP contribution in [0.5, 0.6) is 0 Å². The van der Waals surface area contributed by atoms with E-state index in [0.717, 1.165) is 16.8 Å². The molecule has 13 heavy (non-hydrogen) atoms. The van der Waals surface area contributed by atoms with Crippen molar-refractivity contribution in [3.8, 4) is 0 Å². The Balaban J connectivity index is 2.87. The Morgan fingerprint density at radius 1 is 1.62 bits per heavy atom. The molecule has 0 fully saturated rings. The summed E-state index contributed by atoms with van der Waals surface area (Å²) in [5, 5.41) is 13.0. The Hall–Kier alpha value is -1.62. The molecule has 2 heterocycles. The van der Waals surface area contributed by atoms with Crippen molar-refractivity contribution in [1.82, 2.24) is 14.6 Å². The molecule has 5 nitrogen and oxygen atoms in total. The van der Waals surface area contributed by atoms with Crippen LogP contribution in [0.1, 0.15) is 11.3 Å². The van der Waals surface area contributed by atoms with Gasteiger partial charge in [0.05, 0.1) is 12.3 Å². The van der Waals surface area contributed by atoms with Crippen molar-refractivity contribution in [1.29, 1.82) is 0 Å². The molecule has 0 aliphatic heterocycles. The van der Waals surface area contributed by atoms with Crippen molar-refractivity contribution < 1.29 is 5.11 Å². The molecule has 2 rings (SSSR count). The number of aromatic nitrogens is 3. The molecule has 0 saturated carbocycles. The number of nitrogens with zero attached hydrogens (tertiary/aromatic N) is 3. The van der Waals surface area contributed by atoms with E-state index in [0.29, 0.717) is 5.82 Å². The maximum absolute atomic E-state index is 9.02. The standard InChI is InChI=1S/C8H10N4O/c1-5-2-6(3-13)12-7(5)8(9)10-4-11-12/h2,4,13H,3H2,1H3,(H2,9,10,11). The van der Waals surface area contributed by atoms with Gasteiger partial charge in [0, 0.05) is 0 Å². The number of fused-ring (bicyclic) bond motifs is 1. The van der Waals surface area contributed by atoms with Crippen molar-refractivity contribution in [3.05, 3.63) is 23.7 Å². The zero-order valence-corrected chi connectivity index (χ0v) is 7.23. The first-order valence-electron chi connectivity index (χ1n) is 3.92. The van der Waals surface area contributed by atoms with Gasteiger partial charge in [-0.15, -0.1) is 0 Å². The number of hydrogen-bond donors (Lipinski definition) is 2. The number of nitrogens with two attached hydrogens (primary N) is 1. The second-order valence-corrected chi connectivity index (χ2v) is 2.88. The average Bonchev–Trinajstić information content (AvgIpc) is 2.44. The van der Waals surface area contributed by atoms with Crippen molar-refractivity contribution in [2.24, 2.45) is 0 Å². The largest absolute Gasteiger partial charge is 0.390 e. The monoisotopic (exact) mass is 178 g/mol. The molecule has 68 valence electrons. The zero-order chi connectivity index (χ0) is 9.42. The molecule has 2 aromatic heterocycles. The van der Waals surface area contributed by atoms with Crippen LogP contribution in [0.15, 0.2) is 12.4 Å². The summed E-state index contributed by atoms with van der Waals surface area (Å²) in [5.74, 6) is 0.437. The fourth-order valence-electron chi connectivity index (χ4n) is 1.45. The molecule has 0 amide bonds. The zero-order valence-electron chi connectivity index (χ0n) is 7.23. The fraction of sp³-hybridized carbons (Fsp3) is 0.250.